The van der Waals surface area contributed by atoms with Gasteiger partial charge in [-0.3, -0.25) is 9.78 Å². The number of hydrogen-bond donors (Lipinski definition) is 2. The summed E-state index contributed by atoms with van der Waals surface area (Å²) in [5, 5.41) is 4.14. The topological polar surface area (TPSA) is 97.6 Å². The number of esters is 1. The average molecular weight is 644 g/mol. The van der Waals surface area contributed by atoms with Crippen LogP contribution < -0.4 is 10.6 Å². The van der Waals surface area contributed by atoms with Crippen LogP contribution in [0.1, 0.15) is 40.5 Å². The van der Waals surface area contributed by atoms with Gasteiger partial charge in [-0.25, -0.2) is 18.6 Å². The molecule has 0 fully saturated rings. The van der Waals surface area contributed by atoms with Crippen molar-refractivity contribution in [2.24, 2.45) is 0 Å². The summed E-state index contributed by atoms with van der Waals surface area (Å²) in [5.41, 5.74) is -2.84. The third-order valence-corrected chi connectivity index (χ3v) is 6.95. The van der Waals surface area contributed by atoms with Gasteiger partial charge in [0.15, 0.2) is 0 Å². The van der Waals surface area contributed by atoms with Crippen molar-refractivity contribution in [3.63, 3.8) is 0 Å². The maximum Gasteiger partial charge on any atom is 0.418 e. The van der Waals surface area contributed by atoms with Crippen molar-refractivity contribution in [2.75, 3.05) is 12.4 Å². The summed E-state index contributed by atoms with van der Waals surface area (Å²) in [6.07, 6.45) is -6.35. The van der Waals surface area contributed by atoms with E-state index in [9.17, 15) is 44.7 Å². The highest BCUT2D eigenvalue weighted by atomic mass is 19.4. The second-order valence-corrected chi connectivity index (χ2v) is 9.92. The van der Waals surface area contributed by atoms with Crippen molar-refractivity contribution in [1.29, 1.82) is 0 Å². The summed E-state index contributed by atoms with van der Waals surface area (Å²) in [6, 6.07) is 1.25. The standard InChI is InChI=1S/C29H25F8N5O3/c1-4-21(28(32,33)34)40-15-11-18(30)22(19(31)12-15)26(43)41-20(27(44)45-3)13-16-5-6-17(25-39-9-10-42(16)25)24-23(29(35,36)37)14(2)7-8-38-24/h5-12,20-21,40H,4,13H2,1-3H3,(H,41,43)/t20-,21+/m0/s1. The summed E-state index contributed by atoms with van der Waals surface area (Å²) in [4.78, 5) is 33.6. The molecule has 0 aliphatic carbocycles. The lowest BCUT2D eigenvalue weighted by molar-refractivity contribution is -0.143. The number of pyridine rings is 2. The molecule has 4 aromatic rings. The molecule has 0 saturated heterocycles. The Kier molecular flexibility index (Phi) is 9.35. The van der Waals surface area contributed by atoms with E-state index in [4.69, 9.17) is 4.74 Å². The molecule has 1 aromatic carbocycles. The largest absolute Gasteiger partial charge is 0.467 e. The molecule has 16 heteroatoms. The first-order valence-electron chi connectivity index (χ1n) is 13.3. The number of nitrogens with zero attached hydrogens (tertiary/aromatic N) is 3. The zero-order valence-corrected chi connectivity index (χ0v) is 23.8. The molecule has 0 bridgehead atoms. The Morgan fingerprint density at radius 2 is 1.67 bits per heavy atom. The van der Waals surface area contributed by atoms with Gasteiger partial charge in [-0.2, -0.15) is 26.3 Å². The lowest BCUT2D eigenvalue weighted by Crippen LogP contribution is -2.44. The van der Waals surface area contributed by atoms with Crippen molar-refractivity contribution < 1.29 is 49.4 Å². The van der Waals surface area contributed by atoms with E-state index in [-0.39, 0.29) is 34.6 Å². The fraction of sp³-hybridized carbons (Fsp3) is 0.310. The Morgan fingerprint density at radius 3 is 2.24 bits per heavy atom. The first-order valence-corrected chi connectivity index (χ1v) is 13.3. The SMILES string of the molecule is CC[C@@H](Nc1cc(F)c(C(=O)N[C@@H](Cc2ccc(-c3nccc(C)c3C(F)(F)F)c3nccn23)C(=O)OC)c(F)c1)C(F)(F)F. The molecule has 4 rings (SSSR count). The van der Waals surface area contributed by atoms with Gasteiger partial charge in [-0.05, 0) is 49.2 Å². The highest BCUT2D eigenvalue weighted by Gasteiger charge is 2.39. The molecule has 3 heterocycles. The van der Waals surface area contributed by atoms with Crippen LogP contribution in [0.25, 0.3) is 16.9 Å². The van der Waals surface area contributed by atoms with Gasteiger partial charge in [0.25, 0.3) is 5.91 Å². The summed E-state index contributed by atoms with van der Waals surface area (Å²) >= 11 is 0. The average Bonchev–Trinajstić information content (AvgIpc) is 3.44. The zero-order valence-electron chi connectivity index (χ0n) is 23.8. The molecule has 2 atom stereocenters. The molecule has 240 valence electrons. The van der Waals surface area contributed by atoms with Gasteiger partial charge in [0.1, 0.15) is 34.9 Å². The maximum absolute atomic E-state index is 14.9. The van der Waals surface area contributed by atoms with E-state index in [1.807, 2.05) is 5.32 Å². The summed E-state index contributed by atoms with van der Waals surface area (Å²) < 4.78 is 117. The van der Waals surface area contributed by atoms with Crippen LogP contribution >= 0.6 is 0 Å². The van der Waals surface area contributed by atoms with E-state index in [0.29, 0.717) is 12.1 Å². The van der Waals surface area contributed by atoms with Crippen molar-refractivity contribution >= 4 is 23.2 Å². The number of aromatic nitrogens is 3. The van der Waals surface area contributed by atoms with Crippen LogP contribution in [0.2, 0.25) is 0 Å². The van der Waals surface area contributed by atoms with E-state index in [2.05, 4.69) is 15.3 Å². The van der Waals surface area contributed by atoms with Crippen LogP contribution in [-0.4, -0.2) is 51.6 Å². The number of alkyl halides is 6. The number of nitrogens with one attached hydrogen (secondary N) is 2. The van der Waals surface area contributed by atoms with Crippen molar-refractivity contribution in [1.82, 2.24) is 19.7 Å². The van der Waals surface area contributed by atoms with E-state index in [0.717, 1.165) is 7.11 Å². The molecule has 3 aromatic heterocycles. The number of halogens is 8. The molecule has 0 radical (unpaired) electrons. The first kappa shape index (κ1) is 33.1. The Balaban J connectivity index is 1.65. The number of amides is 1. The summed E-state index contributed by atoms with van der Waals surface area (Å²) in [5.74, 6) is -5.44. The number of carbonyl (C=O) groups excluding carboxylic acids is 2. The molecule has 0 aliphatic rings. The summed E-state index contributed by atoms with van der Waals surface area (Å²) in [6.45, 7) is 2.51. The normalized spacial score (nSPS) is 13.4. The van der Waals surface area contributed by atoms with Crippen LogP contribution in [0.5, 0.6) is 0 Å². The lowest BCUT2D eigenvalue weighted by atomic mass is 10.0. The Labute approximate surface area is 250 Å². The third kappa shape index (κ3) is 6.99. The second-order valence-electron chi connectivity index (χ2n) is 9.92. The van der Waals surface area contributed by atoms with E-state index < -0.39 is 71.2 Å². The van der Waals surface area contributed by atoms with Gasteiger partial charge in [0.2, 0.25) is 0 Å². The number of imidazole rings is 1. The molecular weight excluding hydrogens is 618 g/mol. The molecule has 0 unspecified atom stereocenters. The number of aryl methyl sites for hydroxylation is 1. The van der Waals surface area contributed by atoms with Crippen molar-refractivity contribution in [3.8, 4) is 11.3 Å². The number of fused-ring (bicyclic) bond motifs is 1. The minimum absolute atomic E-state index is 0.0205. The smallest absolute Gasteiger partial charge is 0.418 e. The van der Waals surface area contributed by atoms with Gasteiger partial charge < -0.3 is 19.8 Å². The summed E-state index contributed by atoms with van der Waals surface area (Å²) in [7, 11) is 0.992. The fourth-order valence-electron chi connectivity index (χ4n) is 4.81. The predicted octanol–water partition coefficient (Wildman–Crippen LogP) is 6.27. The van der Waals surface area contributed by atoms with E-state index >= 15 is 0 Å². The maximum atomic E-state index is 14.9. The minimum Gasteiger partial charge on any atom is -0.467 e. The molecule has 1 amide bonds. The minimum atomic E-state index is -4.73. The second kappa shape index (κ2) is 12.7. The van der Waals surface area contributed by atoms with Gasteiger partial charge in [0.05, 0.1) is 18.4 Å². The lowest BCUT2D eigenvalue weighted by Gasteiger charge is -2.22. The number of benzene rings is 1. The number of rotatable bonds is 9. The third-order valence-electron chi connectivity index (χ3n) is 6.95. The molecule has 0 saturated carbocycles. The number of carbonyl (C=O) groups is 2. The Bertz CT molecular complexity index is 1710. The van der Waals surface area contributed by atoms with Crippen molar-refractivity contribution in [2.45, 2.75) is 51.1 Å². The van der Waals surface area contributed by atoms with E-state index in [1.165, 1.54) is 55.0 Å². The molecule has 8 nitrogen and oxygen atoms in total. The van der Waals surface area contributed by atoms with Crippen LogP contribution in [0.15, 0.2) is 48.9 Å². The first-order chi connectivity index (χ1) is 21.1. The van der Waals surface area contributed by atoms with Crippen molar-refractivity contribution in [3.05, 3.63) is 82.9 Å². The fourth-order valence-corrected chi connectivity index (χ4v) is 4.81. The molecule has 45 heavy (non-hydrogen) atoms. The molecule has 2 N–H and O–H groups in total. The molecule has 0 spiro atoms. The van der Waals surface area contributed by atoms with Crippen LogP contribution in [0.3, 0.4) is 0 Å². The van der Waals surface area contributed by atoms with Crippen LogP contribution in [0.4, 0.5) is 40.8 Å². The van der Waals surface area contributed by atoms with Gasteiger partial charge in [0, 0.05) is 42.0 Å². The van der Waals surface area contributed by atoms with E-state index in [1.54, 1.807) is 0 Å². The molecule has 0 aliphatic heterocycles. The highest BCUT2D eigenvalue weighted by molar-refractivity contribution is 5.97. The van der Waals surface area contributed by atoms with Gasteiger partial charge in [-0.1, -0.05) is 6.92 Å². The van der Waals surface area contributed by atoms with Gasteiger partial charge >= 0.3 is 18.3 Å². The van der Waals surface area contributed by atoms with Gasteiger partial charge in [-0.15, -0.1) is 0 Å². The Hall–Kier alpha value is -4.76. The number of ether oxygens (including phenoxy) is 1. The molecular formula is C29H25F8N5O3. The monoisotopic (exact) mass is 643 g/mol. The zero-order chi connectivity index (χ0) is 33.3. The number of methoxy groups -OCH3 is 1. The van der Waals surface area contributed by atoms with Crippen LogP contribution in [0, 0.1) is 18.6 Å². The highest BCUT2D eigenvalue weighted by Crippen LogP contribution is 2.39. The Morgan fingerprint density at radius 1 is 1.00 bits per heavy atom. The number of hydrogen-bond acceptors (Lipinski definition) is 6. The number of anilines is 1. The van der Waals surface area contributed by atoms with Crippen LogP contribution in [-0.2, 0) is 22.1 Å². The quantitative estimate of drug-likeness (QED) is 0.165. The predicted molar refractivity (Wildman–Crippen MR) is 145 cm³/mol.